The maximum absolute atomic E-state index is 11.9. The summed E-state index contributed by atoms with van der Waals surface area (Å²) >= 11 is 0. The van der Waals surface area contributed by atoms with Gasteiger partial charge in [0.05, 0.1) is 26.5 Å². The van der Waals surface area contributed by atoms with Crippen molar-refractivity contribution < 1.29 is 34.0 Å². The van der Waals surface area contributed by atoms with E-state index < -0.39 is 12.2 Å². The summed E-state index contributed by atoms with van der Waals surface area (Å²) in [5.41, 5.74) is 2.50. The molecule has 1 aliphatic rings. The second-order valence-corrected chi connectivity index (χ2v) is 8.18. The lowest BCUT2D eigenvalue weighted by Crippen LogP contribution is -2.32. The molecule has 9 heteroatoms. The maximum Gasteiger partial charge on any atom is 0.224 e. The van der Waals surface area contributed by atoms with Crippen LogP contribution in [0.1, 0.15) is 24.5 Å². The van der Waals surface area contributed by atoms with E-state index in [0.29, 0.717) is 54.6 Å². The highest BCUT2D eigenvalue weighted by atomic mass is 16.5. The Morgan fingerprint density at radius 2 is 1.79 bits per heavy atom. The van der Waals surface area contributed by atoms with Gasteiger partial charge in [-0.05, 0) is 56.1 Å². The van der Waals surface area contributed by atoms with Gasteiger partial charge in [0.15, 0.2) is 11.5 Å². The number of hydrogen-bond donors (Lipinski definition) is 4. The molecule has 0 fully saturated rings. The number of ether oxygens (including phenoxy) is 4. The molecule has 0 aliphatic carbocycles. The number of carbonyl (C=O) groups is 1. The number of fused-ring (bicyclic) bond motifs is 1. The van der Waals surface area contributed by atoms with Crippen LogP contribution >= 0.6 is 0 Å². The minimum Gasteiger partial charge on any atom is -0.493 e. The van der Waals surface area contributed by atoms with E-state index in [2.05, 4.69) is 10.6 Å². The highest BCUT2D eigenvalue weighted by Crippen LogP contribution is 2.39. The number of benzene rings is 2. The van der Waals surface area contributed by atoms with Crippen LogP contribution in [0.5, 0.6) is 23.0 Å². The third-order valence-electron chi connectivity index (χ3n) is 5.53. The highest BCUT2D eigenvalue weighted by Gasteiger charge is 2.24. The average molecular weight is 475 g/mol. The first-order valence-electron chi connectivity index (χ1n) is 11.4. The summed E-state index contributed by atoms with van der Waals surface area (Å²) in [7, 11) is 3.21. The molecule has 0 bridgehead atoms. The molecular formula is C25H34N2O7. The molecule has 3 rings (SSSR count). The molecule has 4 N–H and O–H groups in total. The van der Waals surface area contributed by atoms with Crippen LogP contribution in [0, 0.1) is 0 Å². The molecule has 0 aromatic heterocycles. The van der Waals surface area contributed by atoms with E-state index in [1.165, 1.54) is 0 Å². The predicted octanol–water partition coefficient (Wildman–Crippen LogP) is 1.92. The molecule has 2 unspecified atom stereocenters. The van der Waals surface area contributed by atoms with Gasteiger partial charge in [-0.1, -0.05) is 6.07 Å². The molecule has 0 saturated heterocycles. The fourth-order valence-corrected chi connectivity index (χ4v) is 3.70. The van der Waals surface area contributed by atoms with Gasteiger partial charge in [0.1, 0.15) is 30.3 Å². The van der Waals surface area contributed by atoms with Crippen molar-refractivity contribution in [2.24, 2.45) is 0 Å². The topological polar surface area (TPSA) is 119 Å². The zero-order valence-corrected chi connectivity index (χ0v) is 19.9. The van der Waals surface area contributed by atoms with Crippen LogP contribution in [0.2, 0.25) is 0 Å². The van der Waals surface area contributed by atoms with Crippen molar-refractivity contribution in [3.8, 4) is 23.0 Å². The van der Waals surface area contributed by atoms with Gasteiger partial charge in [-0.3, -0.25) is 4.79 Å². The first kappa shape index (κ1) is 25.6. The zero-order valence-electron chi connectivity index (χ0n) is 19.9. The van der Waals surface area contributed by atoms with Crippen LogP contribution in [0.3, 0.4) is 0 Å². The highest BCUT2D eigenvalue weighted by molar-refractivity contribution is 5.96. The van der Waals surface area contributed by atoms with E-state index in [-0.39, 0.29) is 19.1 Å². The van der Waals surface area contributed by atoms with Gasteiger partial charge in [-0.15, -0.1) is 0 Å². The van der Waals surface area contributed by atoms with E-state index in [0.717, 1.165) is 17.5 Å². The number of rotatable bonds is 13. The van der Waals surface area contributed by atoms with E-state index in [9.17, 15) is 15.0 Å². The van der Waals surface area contributed by atoms with Gasteiger partial charge in [-0.2, -0.15) is 0 Å². The molecular weight excluding hydrogens is 440 g/mol. The lowest BCUT2D eigenvalue weighted by Gasteiger charge is -2.25. The molecule has 2 aromatic rings. The van der Waals surface area contributed by atoms with Gasteiger partial charge in [0.25, 0.3) is 0 Å². The Morgan fingerprint density at radius 1 is 1.06 bits per heavy atom. The number of nitrogens with one attached hydrogen (secondary N) is 2. The minimum atomic E-state index is -0.704. The smallest absolute Gasteiger partial charge is 0.224 e. The van der Waals surface area contributed by atoms with Gasteiger partial charge in [0.2, 0.25) is 5.91 Å². The molecule has 186 valence electrons. The molecule has 2 atom stereocenters. The van der Waals surface area contributed by atoms with Crippen molar-refractivity contribution in [3.05, 3.63) is 41.5 Å². The van der Waals surface area contributed by atoms with Crippen molar-refractivity contribution in [1.29, 1.82) is 0 Å². The quantitative estimate of drug-likeness (QED) is 0.325. The van der Waals surface area contributed by atoms with Crippen LogP contribution in [-0.2, 0) is 17.6 Å². The zero-order chi connectivity index (χ0) is 24.5. The fraction of sp³-hybridized carbons (Fsp3) is 0.480. The number of methoxy groups -OCH3 is 2. The van der Waals surface area contributed by atoms with Crippen molar-refractivity contribution in [1.82, 2.24) is 5.32 Å². The second-order valence-electron chi connectivity index (χ2n) is 8.18. The predicted molar refractivity (Wildman–Crippen MR) is 128 cm³/mol. The van der Waals surface area contributed by atoms with Crippen molar-refractivity contribution in [3.63, 3.8) is 0 Å². The lowest BCUT2D eigenvalue weighted by molar-refractivity contribution is -0.116. The number of aliphatic hydroxyl groups is 2. The SMILES string of the molecule is COc1ccc(CCNCC(O)COc2ccc(OC(C)CO)c3c2CCC(=O)N3)cc1OC. The third kappa shape index (κ3) is 6.75. The van der Waals surface area contributed by atoms with Gasteiger partial charge in [-0.25, -0.2) is 0 Å². The van der Waals surface area contributed by atoms with E-state index in [4.69, 9.17) is 18.9 Å². The third-order valence-corrected chi connectivity index (χ3v) is 5.53. The van der Waals surface area contributed by atoms with E-state index in [1.54, 1.807) is 33.3 Å². The summed E-state index contributed by atoms with van der Waals surface area (Å²) in [6.45, 7) is 2.78. The van der Waals surface area contributed by atoms with Gasteiger partial charge < -0.3 is 39.8 Å². The monoisotopic (exact) mass is 474 g/mol. The van der Waals surface area contributed by atoms with Crippen molar-refractivity contribution >= 4 is 11.6 Å². The first-order valence-corrected chi connectivity index (χ1v) is 11.4. The van der Waals surface area contributed by atoms with E-state index in [1.807, 2.05) is 18.2 Å². The molecule has 9 nitrogen and oxygen atoms in total. The summed E-state index contributed by atoms with van der Waals surface area (Å²) in [6.07, 6.45) is 0.532. The number of carbonyl (C=O) groups excluding carboxylic acids is 1. The molecule has 1 amide bonds. The molecule has 1 heterocycles. The number of aliphatic hydroxyl groups excluding tert-OH is 2. The van der Waals surface area contributed by atoms with Crippen LogP contribution in [0.25, 0.3) is 0 Å². The Labute approximate surface area is 200 Å². The molecule has 2 aromatic carbocycles. The number of amides is 1. The van der Waals surface area contributed by atoms with E-state index >= 15 is 0 Å². The first-order chi connectivity index (χ1) is 16.4. The van der Waals surface area contributed by atoms with Crippen molar-refractivity contribution in [2.45, 2.75) is 38.4 Å². The van der Waals surface area contributed by atoms with Crippen LogP contribution in [-0.4, -0.2) is 68.9 Å². The lowest BCUT2D eigenvalue weighted by atomic mass is 10.0. The van der Waals surface area contributed by atoms with Crippen LogP contribution in [0.4, 0.5) is 5.69 Å². The Balaban J connectivity index is 1.50. The Morgan fingerprint density at radius 3 is 2.53 bits per heavy atom. The Bertz CT molecular complexity index is 967. The molecule has 0 radical (unpaired) electrons. The minimum absolute atomic E-state index is 0.0927. The normalized spacial score (nSPS) is 14.6. The average Bonchev–Trinajstić information content (AvgIpc) is 2.85. The summed E-state index contributed by atoms with van der Waals surface area (Å²) in [5, 5.41) is 25.7. The van der Waals surface area contributed by atoms with Gasteiger partial charge >= 0.3 is 0 Å². The molecule has 0 saturated carbocycles. The largest absolute Gasteiger partial charge is 0.493 e. The summed E-state index contributed by atoms with van der Waals surface area (Å²) in [4.78, 5) is 11.9. The van der Waals surface area contributed by atoms with Crippen LogP contribution < -0.4 is 29.6 Å². The van der Waals surface area contributed by atoms with Crippen molar-refractivity contribution in [2.75, 3.05) is 45.8 Å². The Kier molecular flexibility index (Phi) is 9.38. The molecule has 1 aliphatic heterocycles. The standard InChI is InChI=1S/C25H34N2O7/c1-16(14-28)34-22-8-7-20(19-5-9-24(30)27-25(19)22)33-15-18(29)13-26-11-10-17-4-6-21(31-2)23(12-17)32-3/h4,6-8,12,16,18,26,28-29H,5,9-11,13-15H2,1-3H3,(H,27,30). The fourth-order valence-electron chi connectivity index (χ4n) is 3.70. The second kappa shape index (κ2) is 12.5. The number of hydrogen-bond acceptors (Lipinski definition) is 8. The summed E-state index contributed by atoms with van der Waals surface area (Å²) in [6, 6.07) is 9.28. The van der Waals surface area contributed by atoms with Crippen LogP contribution in [0.15, 0.2) is 30.3 Å². The Hall–Kier alpha value is -3.01. The number of anilines is 1. The molecule has 0 spiro atoms. The maximum atomic E-state index is 11.9. The molecule has 34 heavy (non-hydrogen) atoms. The summed E-state index contributed by atoms with van der Waals surface area (Å²) in [5.74, 6) is 2.38. The summed E-state index contributed by atoms with van der Waals surface area (Å²) < 4.78 is 22.2. The van der Waals surface area contributed by atoms with Gasteiger partial charge in [0, 0.05) is 18.5 Å².